The quantitative estimate of drug-likeness (QED) is 0.893. The second-order valence-electron chi connectivity index (χ2n) is 3.39. The van der Waals surface area contributed by atoms with E-state index in [-0.39, 0.29) is 17.3 Å². The zero-order valence-corrected chi connectivity index (χ0v) is 10.5. The van der Waals surface area contributed by atoms with Gasteiger partial charge in [-0.05, 0) is 41.1 Å². The summed E-state index contributed by atoms with van der Waals surface area (Å²) < 4.78 is 5.66. The molecule has 0 fully saturated rings. The van der Waals surface area contributed by atoms with Gasteiger partial charge in [-0.1, -0.05) is 0 Å². The third kappa shape index (κ3) is 2.47. The van der Waals surface area contributed by atoms with E-state index in [9.17, 15) is 9.90 Å². The smallest absolute Gasteiger partial charge is 0.292 e. The van der Waals surface area contributed by atoms with Crippen LogP contribution in [0.2, 0.25) is 0 Å². The first-order valence-electron chi connectivity index (χ1n) is 4.79. The van der Waals surface area contributed by atoms with E-state index < -0.39 is 5.91 Å². The van der Waals surface area contributed by atoms with Gasteiger partial charge < -0.3 is 14.8 Å². The van der Waals surface area contributed by atoms with E-state index in [0.29, 0.717) is 10.2 Å². The molecule has 6 heteroatoms. The fourth-order valence-electron chi connectivity index (χ4n) is 1.33. The Bertz CT molecular complexity index is 566. The Hall–Kier alpha value is -1.82. The van der Waals surface area contributed by atoms with Gasteiger partial charge in [-0.25, -0.2) is 4.98 Å². The number of aryl methyl sites for hydroxylation is 1. The van der Waals surface area contributed by atoms with E-state index in [4.69, 9.17) is 4.42 Å². The molecule has 0 saturated carbocycles. The Kier molecular flexibility index (Phi) is 3.14. The lowest BCUT2D eigenvalue weighted by atomic mass is 10.2. The van der Waals surface area contributed by atoms with Crippen molar-refractivity contribution in [3.05, 3.63) is 40.4 Å². The van der Waals surface area contributed by atoms with Crippen LogP contribution in [0.4, 0.5) is 5.82 Å². The molecule has 2 rings (SSSR count). The van der Waals surface area contributed by atoms with Gasteiger partial charge in [0.1, 0.15) is 0 Å². The van der Waals surface area contributed by atoms with Gasteiger partial charge in [0.05, 0.1) is 0 Å². The van der Waals surface area contributed by atoms with Gasteiger partial charge in [0, 0.05) is 11.8 Å². The predicted molar refractivity (Wildman–Crippen MR) is 65.0 cm³/mol. The van der Waals surface area contributed by atoms with Gasteiger partial charge in [0.15, 0.2) is 22.0 Å². The van der Waals surface area contributed by atoms with Gasteiger partial charge in [0.25, 0.3) is 5.91 Å². The molecule has 0 aliphatic heterocycles. The number of hydrogen-bond donors (Lipinski definition) is 2. The lowest BCUT2D eigenvalue weighted by Crippen LogP contribution is -2.13. The number of aromatic nitrogens is 1. The number of anilines is 1. The number of carbonyl (C=O) groups excluding carboxylic acids is 1. The fraction of sp³-hybridized carbons (Fsp3) is 0.0909. The molecule has 1 amide bonds. The van der Waals surface area contributed by atoms with Crippen LogP contribution in [0.1, 0.15) is 16.1 Å². The number of pyridine rings is 1. The molecule has 2 heterocycles. The van der Waals surface area contributed by atoms with Crippen LogP contribution in [-0.4, -0.2) is 16.0 Å². The Balaban J connectivity index is 2.23. The van der Waals surface area contributed by atoms with Crippen molar-refractivity contribution in [1.29, 1.82) is 0 Å². The molecule has 0 saturated heterocycles. The highest BCUT2D eigenvalue weighted by molar-refractivity contribution is 9.10. The van der Waals surface area contributed by atoms with Crippen LogP contribution in [0.3, 0.4) is 0 Å². The Labute approximate surface area is 106 Å². The van der Waals surface area contributed by atoms with E-state index in [1.54, 1.807) is 19.1 Å². The lowest BCUT2D eigenvalue weighted by Gasteiger charge is -2.04. The number of furan rings is 1. The monoisotopic (exact) mass is 296 g/mol. The van der Waals surface area contributed by atoms with Crippen molar-refractivity contribution < 1.29 is 14.3 Å². The molecular formula is C11H9BrN2O3. The van der Waals surface area contributed by atoms with Crippen LogP contribution < -0.4 is 5.32 Å². The lowest BCUT2D eigenvalue weighted by molar-refractivity contribution is 0.0993. The van der Waals surface area contributed by atoms with E-state index >= 15 is 0 Å². The maximum atomic E-state index is 11.8. The van der Waals surface area contributed by atoms with Gasteiger partial charge in [-0.15, -0.1) is 0 Å². The standard InChI is InChI=1S/C11H9BrN2O3/c1-6-5-8(12)17-9(6)11(16)14-10-7(15)3-2-4-13-10/h2-5,15H,1H3,(H,13,14,16). The first-order chi connectivity index (χ1) is 8.08. The first kappa shape index (κ1) is 11.7. The van der Waals surface area contributed by atoms with Crippen molar-refractivity contribution in [2.45, 2.75) is 6.92 Å². The van der Waals surface area contributed by atoms with E-state index in [0.717, 1.165) is 0 Å². The van der Waals surface area contributed by atoms with Crippen molar-refractivity contribution in [2.75, 3.05) is 5.32 Å². The average Bonchev–Trinajstić information content (AvgIpc) is 2.61. The summed E-state index contributed by atoms with van der Waals surface area (Å²) in [5.74, 6) is -0.266. The molecule has 0 bridgehead atoms. The van der Waals surface area contributed by atoms with Gasteiger partial charge in [0.2, 0.25) is 0 Å². The van der Waals surface area contributed by atoms with E-state index in [2.05, 4.69) is 26.2 Å². The number of amides is 1. The van der Waals surface area contributed by atoms with E-state index in [1.807, 2.05) is 0 Å². The highest BCUT2D eigenvalue weighted by atomic mass is 79.9. The fourth-order valence-corrected chi connectivity index (χ4v) is 1.83. The van der Waals surface area contributed by atoms with Crippen LogP contribution in [0.25, 0.3) is 0 Å². The molecule has 2 aromatic rings. The minimum atomic E-state index is -0.456. The highest BCUT2D eigenvalue weighted by Crippen LogP contribution is 2.23. The van der Waals surface area contributed by atoms with Crippen molar-refractivity contribution in [3.63, 3.8) is 0 Å². The number of carbonyl (C=O) groups is 1. The molecule has 17 heavy (non-hydrogen) atoms. The summed E-state index contributed by atoms with van der Waals surface area (Å²) in [6.45, 7) is 1.75. The molecule has 0 atom stereocenters. The molecule has 5 nitrogen and oxygen atoms in total. The normalized spacial score (nSPS) is 10.2. The summed E-state index contributed by atoms with van der Waals surface area (Å²) in [6.07, 6.45) is 1.47. The number of nitrogens with zero attached hydrogens (tertiary/aromatic N) is 1. The number of aromatic hydroxyl groups is 1. The number of hydrogen-bond acceptors (Lipinski definition) is 4. The second-order valence-corrected chi connectivity index (χ2v) is 4.17. The van der Waals surface area contributed by atoms with Gasteiger partial charge in [-0.3, -0.25) is 4.79 Å². The molecule has 88 valence electrons. The Morgan fingerprint density at radius 1 is 1.59 bits per heavy atom. The first-order valence-corrected chi connectivity index (χ1v) is 5.58. The second kappa shape index (κ2) is 4.58. The number of rotatable bonds is 2. The van der Waals surface area contributed by atoms with Crippen molar-refractivity contribution >= 4 is 27.7 Å². The molecule has 0 aliphatic carbocycles. The Morgan fingerprint density at radius 2 is 2.35 bits per heavy atom. The molecule has 0 aliphatic rings. The zero-order valence-electron chi connectivity index (χ0n) is 8.90. The third-order valence-electron chi connectivity index (χ3n) is 2.11. The minimum absolute atomic E-state index is 0.0934. The average molecular weight is 297 g/mol. The van der Waals surface area contributed by atoms with Crippen LogP contribution in [0.15, 0.2) is 33.5 Å². The summed E-state index contributed by atoms with van der Waals surface area (Å²) in [5, 5.41) is 11.9. The maximum absolute atomic E-state index is 11.8. The summed E-state index contributed by atoms with van der Waals surface area (Å²) in [6, 6.07) is 4.69. The van der Waals surface area contributed by atoms with E-state index in [1.165, 1.54) is 12.3 Å². The summed E-state index contributed by atoms with van der Waals surface area (Å²) >= 11 is 3.14. The number of halogens is 1. The van der Waals surface area contributed by atoms with Crippen molar-refractivity contribution in [2.24, 2.45) is 0 Å². The third-order valence-corrected chi connectivity index (χ3v) is 2.50. The zero-order chi connectivity index (χ0) is 12.4. The van der Waals surface area contributed by atoms with Crippen LogP contribution in [0, 0.1) is 6.92 Å². The molecular weight excluding hydrogens is 288 g/mol. The van der Waals surface area contributed by atoms with Crippen LogP contribution in [-0.2, 0) is 0 Å². The van der Waals surface area contributed by atoms with Crippen molar-refractivity contribution in [3.8, 4) is 5.75 Å². The minimum Gasteiger partial charge on any atom is -0.504 e. The van der Waals surface area contributed by atoms with Gasteiger partial charge >= 0.3 is 0 Å². The van der Waals surface area contributed by atoms with Gasteiger partial charge in [-0.2, -0.15) is 0 Å². The van der Waals surface area contributed by atoms with Crippen molar-refractivity contribution in [1.82, 2.24) is 4.98 Å². The molecule has 0 spiro atoms. The predicted octanol–water partition coefficient (Wildman–Crippen LogP) is 2.70. The molecule has 0 unspecified atom stereocenters. The molecule has 0 aromatic carbocycles. The molecule has 2 aromatic heterocycles. The maximum Gasteiger partial charge on any atom is 0.292 e. The SMILES string of the molecule is Cc1cc(Br)oc1C(=O)Nc1ncccc1O. The molecule has 2 N–H and O–H groups in total. The summed E-state index contributed by atoms with van der Waals surface area (Å²) in [7, 11) is 0. The topological polar surface area (TPSA) is 75.4 Å². The largest absolute Gasteiger partial charge is 0.504 e. The van der Waals surface area contributed by atoms with Crippen LogP contribution >= 0.6 is 15.9 Å². The summed E-state index contributed by atoms with van der Waals surface area (Å²) in [5.41, 5.74) is 0.699. The van der Waals surface area contributed by atoms with Crippen LogP contribution in [0.5, 0.6) is 5.75 Å². The Morgan fingerprint density at radius 3 is 2.94 bits per heavy atom. The molecule has 0 radical (unpaired) electrons. The number of nitrogens with one attached hydrogen (secondary N) is 1. The highest BCUT2D eigenvalue weighted by Gasteiger charge is 2.16. The summed E-state index contributed by atoms with van der Waals surface area (Å²) in [4.78, 5) is 15.7.